The van der Waals surface area contributed by atoms with Gasteiger partial charge in [0.05, 0.1) is 6.61 Å². The summed E-state index contributed by atoms with van der Waals surface area (Å²) in [5, 5.41) is 0.785. The van der Waals surface area contributed by atoms with Crippen molar-refractivity contribution < 1.29 is 4.74 Å². The first-order valence-corrected chi connectivity index (χ1v) is 5.84. The molecule has 0 heterocycles. The fourth-order valence-electron chi connectivity index (χ4n) is 1.76. The minimum absolute atomic E-state index is 0.658. The van der Waals surface area contributed by atoms with Crippen molar-refractivity contribution in [2.45, 2.75) is 33.6 Å². The molecule has 0 aliphatic rings. The zero-order valence-corrected chi connectivity index (χ0v) is 10.8. The summed E-state index contributed by atoms with van der Waals surface area (Å²) in [6.45, 7) is 6.66. The van der Waals surface area contributed by atoms with E-state index >= 15 is 0 Å². The lowest BCUT2D eigenvalue weighted by molar-refractivity contribution is 0.334. The molecule has 1 nitrogen and oxygen atoms in total. The van der Waals surface area contributed by atoms with E-state index in [9.17, 15) is 0 Å². The van der Waals surface area contributed by atoms with E-state index < -0.39 is 0 Å². The predicted molar refractivity (Wildman–Crippen MR) is 69.2 cm³/mol. The SMILES string of the molecule is C#CCCc1c(C)c(Cl)cc(C)c1OCC. The van der Waals surface area contributed by atoms with Gasteiger partial charge in [-0.15, -0.1) is 12.3 Å². The number of benzene rings is 1. The molecule has 0 saturated heterocycles. The molecule has 2 heteroatoms. The Morgan fingerprint density at radius 2 is 2.12 bits per heavy atom. The van der Waals surface area contributed by atoms with Gasteiger partial charge in [-0.2, -0.15) is 0 Å². The van der Waals surface area contributed by atoms with E-state index in [-0.39, 0.29) is 0 Å². The first-order valence-electron chi connectivity index (χ1n) is 5.46. The Kier molecular flexibility index (Phi) is 4.71. The Morgan fingerprint density at radius 1 is 1.44 bits per heavy atom. The zero-order chi connectivity index (χ0) is 12.1. The number of hydrogen-bond acceptors (Lipinski definition) is 1. The molecule has 0 aliphatic heterocycles. The van der Waals surface area contributed by atoms with Gasteiger partial charge in [-0.25, -0.2) is 0 Å². The molecule has 0 aromatic heterocycles. The monoisotopic (exact) mass is 236 g/mol. The van der Waals surface area contributed by atoms with Crippen LogP contribution in [0.25, 0.3) is 0 Å². The van der Waals surface area contributed by atoms with Crippen LogP contribution in [-0.2, 0) is 6.42 Å². The Labute approximate surface area is 103 Å². The molecule has 0 radical (unpaired) electrons. The number of terminal acetylenes is 1. The second-order valence-electron chi connectivity index (χ2n) is 3.75. The average Bonchev–Trinajstić information content (AvgIpc) is 2.25. The van der Waals surface area contributed by atoms with Gasteiger partial charge >= 0.3 is 0 Å². The Balaban J connectivity index is 3.22. The van der Waals surface area contributed by atoms with Gasteiger partial charge in [-0.3, -0.25) is 0 Å². The van der Waals surface area contributed by atoms with Crippen LogP contribution in [-0.4, -0.2) is 6.61 Å². The van der Waals surface area contributed by atoms with Crippen LogP contribution >= 0.6 is 11.6 Å². The summed E-state index contributed by atoms with van der Waals surface area (Å²) in [7, 11) is 0. The molecule has 0 N–H and O–H groups in total. The molecule has 0 saturated carbocycles. The summed E-state index contributed by atoms with van der Waals surface area (Å²) in [4.78, 5) is 0. The van der Waals surface area contributed by atoms with Crippen LogP contribution < -0.4 is 4.74 Å². The van der Waals surface area contributed by atoms with Crippen LogP contribution in [0.15, 0.2) is 6.07 Å². The summed E-state index contributed by atoms with van der Waals surface area (Å²) in [5.41, 5.74) is 3.29. The lowest BCUT2D eigenvalue weighted by Gasteiger charge is -2.16. The molecule has 1 rings (SSSR count). The minimum atomic E-state index is 0.658. The van der Waals surface area contributed by atoms with Gasteiger partial charge in [-0.1, -0.05) is 11.6 Å². The van der Waals surface area contributed by atoms with Crippen LogP contribution in [0.1, 0.15) is 30.0 Å². The maximum absolute atomic E-state index is 6.16. The highest BCUT2D eigenvalue weighted by molar-refractivity contribution is 6.31. The highest BCUT2D eigenvalue weighted by atomic mass is 35.5. The van der Waals surface area contributed by atoms with E-state index in [4.69, 9.17) is 22.8 Å². The highest BCUT2D eigenvalue weighted by Gasteiger charge is 2.12. The lowest BCUT2D eigenvalue weighted by Crippen LogP contribution is -2.02. The van der Waals surface area contributed by atoms with Crippen molar-refractivity contribution in [2.75, 3.05) is 6.61 Å². The zero-order valence-electron chi connectivity index (χ0n) is 10.1. The maximum atomic E-state index is 6.16. The van der Waals surface area contributed by atoms with Crippen LogP contribution in [0.4, 0.5) is 0 Å². The molecule has 16 heavy (non-hydrogen) atoms. The molecule has 0 amide bonds. The van der Waals surface area contributed by atoms with E-state index in [1.54, 1.807) is 0 Å². The van der Waals surface area contributed by atoms with Gasteiger partial charge in [0.2, 0.25) is 0 Å². The second-order valence-corrected chi connectivity index (χ2v) is 4.15. The summed E-state index contributed by atoms with van der Waals surface area (Å²) in [5.74, 6) is 3.60. The van der Waals surface area contributed by atoms with Crippen molar-refractivity contribution in [3.05, 3.63) is 27.8 Å². The van der Waals surface area contributed by atoms with Gasteiger partial charge in [0, 0.05) is 11.4 Å². The lowest BCUT2D eigenvalue weighted by atomic mass is 9.99. The number of aryl methyl sites for hydroxylation is 1. The van der Waals surface area contributed by atoms with Gasteiger partial charge < -0.3 is 4.74 Å². The second kappa shape index (κ2) is 5.82. The standard InChI is InChI=1S/C14H17ClO/c1-5-7-8-12-11(4)13(15)9-10(3)14(12)16-6-2/h1,9H,6-8H2,2-4H3. The smallest absolute Gasteiger partial charge is 0.125 e. The summed E-state index contributed by atoms with van der Waals surface area (Å²) >= 11 is 6.16. The molecule has 0 bridgehead atoms. The maximum Gasteiger partial charge on any atom is 0.125 e. The normalized spacial score (nSPS) is 9.94. The minimum Gasteiger partial charge on any atom is -0.493 e. The molecule has 0 spiro atoms. The molecule has 0 aliphatic carbocycles. The van der Waals surface area contributed by atoms with Crippen LogP contribution in [0, 0.1) is 26.2 Å². The van der Waals surface area contributed by atoms with Crippen LogP contribution in [0.3, 0.4) is 0 Å². The van der Waals surface area contributed by atoms with E-state index in [2.05, 4.69) is 5.92 Å². The molecule has 0 fully saturated rings. The third kappa shape index (κ3) is 2.71. The van der Waals surface area contributed by atoms with E-state index in [1.807, 2.05) is 26.8 Å². The fraction of sp³-hybridized carbons (Fsp3) is 0.429. The van der Waals surface area contributed by atoms with Gasteiger partial charge in [0.15, 0.2) is 0 Å². The van der Waals surface area contributed by atoms with Crippen molar-refractivity contribution in [1.29, 1.82) is 0 Å². The number of halogens is 1. The first-order chi connectivity index (χ1) is 7.61. The molecule has 1 aromatic carbocycles. The largest absolute Gasteiger partial charge is 0.493 e. The van der Waals surface area contributed by atoms with Crippen molar-refractivity contribution in [3.63, 3.8) is 0 Å². The number of hydrogen-bond donors (Lipinski definition) is 0. The van der Waals surface area contributed by atoms with Crippen LogP contribution in [0.2, 0.25) is 5.02 Å². The number of ether oxygens (including phenoxy) is 1. The van der Waals surface area contributed by atoms with Crippen molar-refractivity contribution in [1.82, 2.24) is 0 Å². The Bertz CT molecular complexity index is 416. The third-order valence-corrected chi connectivity index (χ3v) is 2.99. The van der Waals surface area contributed by atoms with Crippen LogP contribution in [0.5, 0.6) is 5.75 Å². The molecule has 0 unspecified atom stereocenters. The summed E-state index contributed by atoms with van der Waals surface area (Å²) in [6, 6.07) is 1.95. The van der Waals surface area contributed by atoms with E-state index in [0.29, 0.717) is 13.0 Å². The van der Waals surface area contributed by atoms with E-state index in [0.717, 1.165) is 33.9 Å². The highest BCUT2D eigenvalue weighted by Crippen LogP contribution is 2.33. The Morgan fingerprint density at radius 3 is 2.69 bits per heavy atom. The average molecular weight is 237 g/mol. The van der Waals surface area contributed by atoms with Crippen molar-refractivity contribution in [2.24, 2.45) is 0 Å². The molecule has 1 aromatic rings. The Hall–Kier alpha value is -1.13. The van der Waals surface area contributed by atoms with Gasteiger partial charge in [0.1, 0.15) is 5.75 Å². The summed E-state index contributed by atoms with van der Waals surface area (Å²) in [6.07, 6.45) is 6.83. The third-order valence-electron chi connectivity index (χ3n) is 2.59. The quantitative estimate of drug-likeness (QED) is 0.720. The van der Waals surface area contributed by atoms with Gasteiger partial charge in [0.25, 0.3) is 0 Å². The molecular weight excluding hydrogens is 220 g/mol. The molecule has 0 atom stereocenters. The summed E-state index contributed by atoms with van der Waals surface area (Å²) < 4.78 is 5.67. The van der Waals surface area contributed by atoms with E-state index in [1.165, 1.54) is 0 Å². The number of rotatable bonds is 4. The topological polar surface area (TPSA) is 9.23 Å². The predicted octanol–water partition coefficient (Wildman–Crippen LogP) is 3.92. The molecular formula is C14H17ClO. The first kappa shape index (κ1) is 12.9. The van der Waals surface area contributed by atoms with Crippen molar-refractivity contribution in [3.8, 4) is 18.1 Å². The molecule has 86 valence electrons. The van der Waals surface area contributed by atoms with Crippen molar-refractivity contribution >= 4 is 11.6 Å². The van der Waals surface area contributed by atoms with Gasteiger partial charge in [-0.05, 0) is 49.9 Å². The fourth-order valence-corrected chi connectivity index (χ4v) is 2.04.